The highest BCUT2D eigenvalue weighted by atomic mass is 16.3. The minimum absolute atomic E-state index is 0.182. The molecule has 2 heterocycles. The van der Waals surface area contributed by atoms with Crippen LogP contribution in [0.15, 0.2) is 191 Å². The van der Waals surface area contributed by atoms with Crippen LogP contribution in [0, 0.1) is 0 Å². The minimum atomic E-state index is 0.182. The van der Waals surface area contributed by atoms with E-state index in [1.807, 2.05) is 18.2 Å². The predicted molar refractivity (Wildman–Crippen MR) is 311 cm³/mol. The summed E-state index contributed by atoms with van der Waals surface area (Å²) in [6, 6.07) is 53.5. The number of para-hydroxylation sites is 1. The number of aromatic nitrogens is 1. The van der Waals surface area contributed by atoms with Gasteiger partial charge >= 0.3 is 0 Å². The lowest BCUT2D eigenvalue weighted by Crippen LogP contribution is -2.55. The number of hydrogen-bond acceptors (Lipinski definition) is 2. The fourth-order valence-electron chi connectivity index (χ4n) is 10.4. The molecule has 12 rings (SSSR count). The Balaban J connectivity index is 0.00000178. The summed E-state index contributed by atoms with van der Waals surface area (Å²) in [4.78, 5) is 5.68. The van der Waals surface area contributed by atoms with E-state index in [9.17, 15) is 0 Å². The largest absolute Gasteiger partial charge is 0.454 e. The molecule has 0 unspecified atom stereocenters. The monoisotopic (exact) mass is 900 g/mol. The second kappa shape index (κ2) is 18.6. The summed E-state index contributed by atoms with van der Waals surface area (Å²) in [5.74, 6) is 0.646. The van der Waals surface area contributed by atoms with Crippen molar-refractivity contribution in [2.75, 3.05) is 0 Å². The highest BCUT2D eigenvalue weighted by Crippen LogP contribution is 2.44. The molecular formula is C63H45B5N2O. The first-order valence-corrected chi connectivity index (χ1v) is 24.2. The van der Waals surface area contributed by atoms with Gasteiger partial charge in [-0.05, 0) is 122 Å². The van der Waals surface area contributed by atoms with Gasteiger partial charge in [-0.2, -0.15) is 0 Å². The van der Waals surface area contributed by atoms with Gasteiger partial charge in [0.15, 0.2) is 5.76 Å². The Labute approximate surface area is 421 Å². The molecule has 8 heteroatoms. The average Bonchev–Trinajstić information content (AvgIpc) is 3.94. The molecule has 328 valence electrons. The Morgan fingerprint density at radius 2 is 1.10 bits per heavy atom. The maximum Gasteiger partial charge on any atom is 0.161 e. The van der Waals surface area contributed by atoms with Crippen LogP contribution in [0.1, 0.15) is 51.4 Å². The molecular weight excluding hydrogens is 855 g/mol. The molecule has 1 aliphatic rings. The van der Waals surface area contributed by atoms with Crippen LogP contribution in [-0.2, 0) is 0 Å². The van der Waals surface area contributed by atoms with Crippen molar-refractivity contribution in [3.8, 4) is 27.9 Å². The SMILES string of the molecule is CCC.[B]c1c([B])c([B])c(-c2ccc3c(c2)c2ccccc2n3-c2cc3c4ccccc4c4ccccc4c3cc2C(C)=Nc2c(C(=C)C3=CCCC=C3)oc3ccc(-c4ccccc4)cc23)c([B])c1[B]. The Hall–Kier alpha value is -7.69. The van der Waals surface area contributed by atoms with Crippen LogP contribution in [0.5, 0.6) is 0 Å². The summed E-state index contributed by atoms with van der Waals surface area (Å²) >= 11 is 0. The Kier molecular flexibility index (Phi) is 12.0. The fraction of sp³-hybridized carbons (Fsp3) is 0.0952. The number of fused-ring (bicyclic) bond motifs is 10. The van der Waals surface area contributed by atoms with Crippen molar-refractivity contribution in [3.63, 3.8) is 0 Å². The molecule has 71 heavy (non-hydrogen) atoms. The van der Waals surface area contributed by atoms with Gasteiger partial charge in [-0.1, -0.05) is 165 Å². The van der Waals surface area contributed by atoms with Crippen molar-refractivity contribution < 1.29 is 4.42 Å². The molecule has 0 atom stereocenters. The first kappa shape index (κ1) is 45.7. The topological polar surface area (TPSA) is 30.4 Å². The predicted octanol–water partition coefficient (Wildman–Crippen LogP) is 12.1. The third-order valence-corrected chi connectivity index (χ3v) is 13.8. The molecule has 10 radical (unpaired) electrons. The smallest absolute Gasteiger partial charge is 0.161 e. The Morgan fingerprint density at radius 3 is 1.75 bits per heavy atom. The van der Waals surface area contributed by atoms with Crippen LogP contribution >= 0.6 is 0 Å². The summed E-state index contributed by atoms with van der Waals surface area (Å²) in [5.41, 5.74) is 12.8. The first-order valence-electron chi connectivity index (χ1n) is 24.2. The second-order valence-corrected chi connectivity index (χ2v) is 18.4. The Morgan fingerprint density at radius 1 is 0.549 bits per heavy atom. The van der Waals surface area contributed by atoms with Gasteiger partial charge < -0.3 is 8.98 Å². The molecule has 0 saturated carbocycles. The van der Waals surface area contributed by atoms with Gasteiger partial charge in [0.05, 0.1) is 16.7 Å². The standard InChI is InChI=1S/C60H37B5N2O.C3H8/c1-33(35-15-5-3-6-16-35)60-59(48-29-37(26-28-52(48)68-60)36-17-7-4-8-18-36)66-34(2)44-31-45-41-21-11-9-19-39(41)40-20-10-12-22-42(40)46(45)32-51(44)67-49-24-14-13-23-43(49)47-30-38(25-27-50(47)67)53-54(61)56(63)58(65)57(64)55(53)62;1-3-2/h4-5,7-32H,1,3,6H2,2H3;3H2,1-2H3. The van der Waals surface area contributed by atoms with E-state index < -0.39 is 0 Å². The van der Waals surface area contributed by atoms with Crippen LogP contribution in [0.4, 0.5) is 5.69 Å². The minimum Gasteiger partial charge on any atom is -0.454 e. The lowest BCUT2D eigenvalue weighted by Gasteiger charge is -2.21. The summed E-state index contributed by atoms with van der Waals surface area (Å²) < 4.78 is 9.14. The van der Waals surface area contributed by atoms with Gasteiger partial charge in [0.1, 0.15) is 50.5 Å². The maximum atomic E-state index is 6.79. The van der Waals surface area contributed by atoms with E-state index in [2.05, 4.69) is 184 Å². The first-order chi connectivity index (χ1) is 34.6. The number of hydrogen-bond donors (Lipinski definition) is 0. The summed E-state index contributed by atoms with van der Waals surface area (Å²) in [6.07, 6.45) is 9.74. The average molecular weight is 900 g/mol. The van der Waals surface area contributed by atoms with Crippen molar-refractivity contribution in [1.29, 1.82) is 0 Å². The zero-order valence-electron chi connectivity index (χ0n) is 40.2. The molecule has 1 aliphatic carbocycles. The Bertz CT molecular complexity index is 4050. The number of rotatable bonds is 7. The van der Waals surface area contributed by atoms with Crippen molar-refractivity contribution >= 4 is 149 Å². The number of furan rings is 1. The van der Waals surface area contributed by atoms with E-state index >= 15 is 0 Å². The van der Waals surface area contributed by atoms with E-state index in [-0.39, 0.29) is 16.4 Å². The van der Waals surface area contributed by atoms with Crippen LogP contribution in [0.25, 0.3) is 98.6 Å². The summed E-state index contributed by atoms with van der Waals surface area (Å²) in [7, 11) is 32.3. The van der Waals surface area contributed by atoms with E-state index in [4.69, 9.17) is 48.6 Å². The summed E-state index contributed by atoms with van der Waals surface area (Å²) in [6.45, 7) is 11.0. The second-order valence-electron chi connectivity index (χ2n) is 18.4. The lowest BCUT2D eigenvalue weighted by atomic mass is 9.59. The van der Waals surface area contributed by atoms with Crippen LogP contribution in [-0.4, -0.2) is 49.5 Å². The molecule has 0 spiro atoms. The quantitative estimate of drug-likeness (QED) is 0.0890. The van der Waals surface area contributed by atoms with Gasteiger partial charge in [-0.25, -0.2) is 4.99 Å². The molecule has 11 aromatic rings. The van der Waals surface area contributed by atoms with Crippen molar-refractivity contribution in [2.24, 2.45) is 4.99 Å². The van der Waals surface area contributed by atoms with E-state index in [0.717, 1.165) is 118 Å². The molecule has 0 bridgehead atoms. The van der Waals surface area contributed by atoms with Gasteiger partial charge in [-0.15, -0.1) is 16.4 Å². The zero-order chi connectivity index (χ0) is 49.1. The lowest BCUT2D eigenvalue weighted by molar-refractivity contribution is 0.601. The van der Waals surface area contributed by atoms with Crippen molar-refractivity contribution in [2.45, 2.75) is 40.0 Å². The van der Waals surface area contributed by atoms with E-state index in [1.165, 1.54) is 17.2 Å². The van der Waals surface area contributed by atoms with Gasteiger partial charge in [0.2, 0.25) is 0 Å². The maximum absolute atomic E-state index is 6.79. The van der Waals surface area contributed by atoms with Gasteiger partial charge in [0, 0.05) is 33.0 Å². The van der Waals surface area contributed by atoms with E-state index in [1.54, 1.807) is 0 Å². The molecule has 0 aliphatic heterocycles. The van der Waals surface area contributed by atoms with Crippen molar-refractivity contribution in [1.82, 2.24) is 4.57 Å². The molecule has 0 amide bonds. The molecule has 0 saturated heterocycles. The van der Waals surface area contributed by atoms with Gasteiger partial charge in [-0.3, -0.25) is 0 Å². The zero-order valence-corrected chi connectivity index (χ0v) is 40.2. The molecule has 0 fully saturated rings. The van der Waals surface area contributed by atoms with Crippen molar-refractivity contribution in [3.05, 3.63) is 193 Å². The molecule has 2 aromatic heterocycles. The third kappa shape index (κ3) is 7.72. The third-order valence-electron chi connectivity index (χ3n) is 13.8. The van der Waals surface area contributed by atoms with Crippen LogP contribution < -0.4 is 27.3 Å². The normalized spacial score (nSPS) is 12.8. The van der Waals surface area contributed by atoms with Crippen LogP contribution in [0.3, 0.4) is 0 Å². The fourth-order valence-corrected chi connectivity index (χ4v) is 10.4. The number of benzene rings is 9. The molecule has 3 nitrogen and oxygen atoms in total. The summed E-state index contributed by atoms with van der Waals surface area (Å²) in [5, 5.41) is 9.93. The highest BCUT2D eigenvalue weighted by molar-refractivity contribution is 6.68. The van der Waals surface area contributed by atoms with Crippen LogP contribution in [0.2, 0.25) is 0 Å². The highest BCUT2D eigenvalue weighted by Gasteiger charge is 2.24. The van der Waals surface area contributed by atoms with E-state index in [0.29, 0.717) is 22.2 Å². The van der Waals surface area contributed by atoms with Gasteiger partial charge in [0.25, 0.3) is 0 Å². The number of allylic oxidation sites excluding steroid dienone is 5. The molecule has 0 N–H and O–H groups in total. The molecule has 9 aromatic carbocycles. The number of aliphatic imine (C=N–C) groups is 1. The number of nitrogens with zero attached hydrogens (tertiary/aromatic N) is 2.